The second-order valence-electron chi connectivity index (χ2n) is 3.47. The summed E-state index contributed by atoms with van der Waals surface area (Å²) in [7, 11) is -3.70. The van der Waals surface area contributed by atoms with Crippen LogP contribution in [0, 0.1) is 0 Å². The SMILES string of the molecule is CCCN1COC(S(=O)(=O)CCC=C(F)F)=N1. The number of allylic oxidation sites excluding steroid dienone is 1. The van der Waals surface area contributed by atoms with E-state index in [0.717, 1.165) is 6.42 Å². The van der Waals surface area contributed by atoms with Crippen molar-refractivity contribution in [2.75, 3.05) is 19.0 Å². The van der Waals surface area contributed by atoms with Crippen LogP contribution in [0.15, 0.2) is 17.3 Å². The summed E-state index contributed by atoms with van der Waals surface area (Å²) in [5, 5.41) is 4.89. The Hall–Kier alpha value is -1.18. The second kappa shape index (κ2) is 5.95. The third-order valence-corrected chi connectivity index (χ3v) is 3.50. The molecule has 0 saturated carbocycles. The van der Waals surface area contributed by atoms with Crippen LogP contribution in [0.5, 0.6) is 0 Å². The molecular formula is C9H14F2N2O3S. The Balaban J connectivity index is 2.59. The summed E-state index contributed by atoms with van der Waals surface area (Å²) in [4.78, 5) is 0. The van der Waals surface area contributed by atoms with Crippen LogP contribution in [0.25, 0.3) is 0 Å². The fourth-order valence-electron chi connectivity index (χ4n) is 1.24. The van der Waals surface area contributed by atoms with Gasteiger partial charge in [0.25, 0.3) is 6.08 Å². The Labute approximate surface area is 98.7 Å². The van der Waals surface area contributed by atoms with E-state index in [-0.39, 0.29) is 18.4 Å². The number of hydrogen-bond acceptors (Lipinski definition) is 5. The number of sulfone groups is 1. The Kier molecular flexibility index (Phi) is 4.86. The quantitative estimate of drug-likeness (QED) is 0.759. The predicted octanol–water partition coefficient (Wildman–Crippen LogP) is 1.54. The van der Waals surface area contributed by atoms with E-state index >= 15 is 0 Å². The van der Waals surface area contributed by atoms with Gasteiger partial charge in [0.15, 0.2) is 6.73 Å². The molecule has 1 aliphatic heterocycles. The van der Waals surface area contributed by atoms with Crippen LogP contribution in [0.1, 0.15) is 19.8 Å². The molecule has 0 aromatic rings. The normalized spacial score (nSPS) is 15.5. The lowest BCUT2D eigenvalue weighted by molar-refractivity contribution is 0.170. The first kappa shape index (κ1) is 13.9. The van der Waals surface area contributed by atoms with Crippen molar-refractivity contribution < 1.29 is 21.9 Å². The van der Waals surface area contributed by atoms with Gasteiger partial charge in [-0.1, -0.05) is 6.92 Å². The van der Waals surface area contributed by atoms with Gasteiger partial charge in [-0.3, -0.25) is 5.01 Å². The van der Waals surface area contributed by atoms with Crippen molar-refractivity contribution in [1.29, 1.82) is 0 Å². The Morgan fingerprint density at radius 1 is 1.59 bits per heavy atom. The second-order valence-corrected chi connectivity index (χ2v) is 5.46. The van der Waals surface area contributed by atoms with Gasteiger partial charge >= 0.3 is 5.23 Å². The minimum atomic E-state index is -3.70. The highest BCUT2D eigenvalue weighted by molar-refractivity contribution is 8.06. The van der Waals surface area contributed by atoms with E-state index in [1.54, 1.807) is 0 Å². The smallest absolute Gasteiger partial charge is 0.328 e. The van der Waals surface area contributed by atoms with Crippen molar-refractivity contribution in [1.82, 2.24) is 5.01 Å². The molecule has 1 heterocycles. The fraction of sp³-hybridized carbons (Fsp3) is 0.667. The van der Waals surface area contributed by atoms with Gasteiger partial charge in [-0.2, -0.15) is 8.78 Å². The summed E-state index contributed by atoms with van der Waals surface area (Å²) in [5.74, 6) is -0.427. The van der Waals surface area contributed by atoms with Crippen molar-refractivity contribution in [2.45, 2.75) is 19.8 Å². The van der Waals surface area contributed by atoms with Crippen molar-refractivity contribution >= 4 is 15.1 Å². The molecular weight excluding hydrogens is 254 g/mol. The minimum Gasteiger partial charge on any atom is -0.445 e. The number of nitrogens with zero attached hydrogens (tertiary/aromatic N) is 2. The first-order valence-electron chi connectivity index (χ1n) is 5.16. The molecule has 0 aliphatic carbocycles. The summed E-state index contributed by atoms with van der Waals surface area (Å²) < 4.78 is 51.6. The zero-order valence-corrected chi connectivity index (χ0v) is 10.2. The summed E-state index contributed by atoms with van der Waals surface area (Å²) in [5.41, 5.74) is 0. The highest BCUT2D eigenvalue weighted by Crippen LogP contribution is 2.11. The van der Waals surface area contributed by atoms with E-state index in [4.69, 9.17) is 4.74 Å². The number of halogens is 2. The van der Waals surface area contributed by atoms with Crippen LogP contribution in [-0.2, 0) is 14.6 Å². The van der Waals surface area contributed by atoms with E-state index in [0.29, 0.717) is 12.6 Å². The summed E-state index contributed by atoms with van der Waals surface area (Å²) in [6, 6.07) is 0. The van der Waals surface area contributed by atoms with Crippen molar-refractivity contribution in [3.63, 3.8) is 0 Å². The molecule has 0 atom stereocenters. The zero-order valence-electron chi connectivity index (χ0n) is 9.40. The van der Waals surface area contributed by atoms with Crippen molar-refractivity contribution in [2.24, 2.45) is 5.10 Å². The van der Waals surface area contributed by atoms with Gasteiger partial charge in [-0.05, 0) is 18.9 Å². The molecule has 0 N–H and O–H groups in total. The minimum absolute atomic E-state index is 0.0930. The Morgan fingerprint density at radius 2 is 2.29 bits per heavy atom. The number of ether oxygens (including phenoxy) is 1. The van der Waals surface area contributed by atoms with Crippen molar-refractivity contribution in [3.8, 4) is 0 Å². The summed E-state index contributed by atoms with van der Waals surface area (Å²) >= 11 is 0. The number of hydrogen-bond donors (Lipinski definition) is 0. The molecule has 0 unspecified atom stereocenters. The summed E-state index contributed by atoms with van der Waals surface area (Å²) in [6.45, 7) is 2.62. The molecule has 0 spiro atoms. The molecule has 17 heavy (non-hydrogen) atoms. The lowest BCUT2D eigenvalue weighted by Gasteiger charge is -2.07. The third-order valence-electron chi connectivity index (χ3n) is 1.99. The van der Waals surface area contributed by atoms with Gasteiger partial charge in [0.1, 0.15) is 0 Å². The standard InChI is InChI=1S/C9H14F2N2O3S/c1-2-5-13-7-16-9(12-13)17(14,15)6-3-4-8(10)11/h4H,2-3,5-7H2,1H3. The number of hydrazone groups is 1. The van der Waals surface area contributed by atoms with Gasteiger partial charge in [0.2, 0.25) is 9.84 Å². The highest BCUT2D eigenvalue weighted by Gasteiger charge is 2.27. The molecule has 5 nitrogen and oxygen atoms in total. The van der Waals surface area contributed by atoms with Gasteiger partial charge < -0.3 is 4.74 Å². The van der Waals surface area contributed by atoms with Crippen LogP contribution in [-0.4, -0.2) is 37.7 Å². The topological polar surface area (TPSA) is 59.0 Å². The first-order chi connectivity index (χ1) is 7.95. The lowest BCUT2D eigenvalue weighted by atomic mass is 10.5. The molecule has 0 amide bonds. The average Bonchev–Trinajstić information content (AvgIpc) is 2.66. The molecule has 8 heteroatoms. The highest BCUT2D eigenvalue weighted by atomic mass is 32.2. The zero-order chi connectivity index (χ0) is 12.9. The van der Waals surface area contributed by atoms with Gasteiger partial charge in [-0.15, -0.1) is 5.10 Å². The molecule has 0 radical (unpaired) electrons. The first-order valence-corrected chi connectivity index (χ1v) is 6.81. The van der Waals surface area contributed by atoms with Crippen molar-refractivity contribution in [3.05, 3.63) is 12.2 Å². The maximum atomic E-state index is 11.7. The van der Waals surface area contributed by atoms with Crippen LogP contribution in [0.2, 0.25) is 0 Å². The van der Waals surface area contributed by atoms with E-state index in [2.05, 4.69) is 5.10 Å². The third kappa shape index (κ3) is 4.29. The van der Waals surface area contributed by atoms with E-state index in [1.807, 2.05) is 6.92 Å². The molecule has 0 aromatic carbocycles. The molecule has 1 aliphatic rings. The molecule has 0 aromatic heterocycles. The maximum absolute atomic E-state index is 11.7. The number of rotatable bonds is 5. The largest absolute Gasteiger partial charge is 0.445 e. The van der Waals surface area contributed by atoms with Gasteiger partial charge in [0.05, 0.1) is 5.75 Å². The molecule has 98 valence electrons. The van der Waals surface area contributed by atoms with Gasteiger partial charge in [-0.25, -0.2) is 8.42 Å². The maximum Gasteiger partial charge on any atom is 0.328 e. The van der Waals surface area contributed by atoms with Gasteiger partial charge in [0, 0.05) is 6.54 Å². The van der Waals surface area contributed by atoms with E-state index in [1.165, 1.54) is 5.01 Å². The van der Waals surface area contributed by atoms with Crippen LogP contribution in [0.4, 0.5) is 8.78 Å². The van der Waals surface area contributed by atoms with Crippen LogP contribution in [0.3, 0.4) is 0 Å². The molecule has 0 bridgehead atoms. The molecule has 1 rings (SSSR count). The molecule has 0 saturated heterocycles. The van der Waals surface area contributed by atoms with Crippen LogP contribution >= 0.6 is 0 Å². The predicted molar refractivity (Wildman–Crippen MR) is 59.1 cm³/mol. The lowest BCUT2D eigenvalue weighted by Crippen LogP contribution is -2.18. The average molecular weight is 268 g/mol. The fourth-order valence-corrected chi connectivity index (χ4v) is 2.31. The Morgan fingerprint density at radius 3 is 2.88 bits per heavy atom. The van der Waals surface area contributed by atoms with E-state index in [9.17, 15) is 17.2 Å². The monoisotopic (exact) mass is 268 g/mol. The van der Waals surface area contributed by atoms with E-state index < -0.39 is 21.7 Å². The summed E-state index contributed by atoms with van der Waals surface area (Å²) in [6.07, 6.45) is -0.754. The van der Waals surface area contributed by atoms with Crippen LogP contribution < -0.4 is 0 Å². The Bertz CT molecular complexity index is 416. The molecule has 0 fully saturated rings.